The van der Waals surface area contributed by atoms with E-state index in [9.17, 15) is 13.2 Å². The number of nitrogens with zero attached hydrogens (tertiary/aromatic N) is 1. The third-order valence-corrected chi connectivity index (χ3v) is 5.13. The molecule has 0 aromatic heterocycles. The molecule has 0 radical (unpaired) electrons. The number of sulfonamides is 1. The number of hydrogen-bond donors (Lipinski definition) is 2. The lowest BCUT2D eigenvalue weighted by Crippen LogP contribution is -2.39. The molecule has 0 heterocycles. The van der Waals surface area contributed by atoms with Crippen LogP contribution in [0.3, 0.4) is 0 Å². The van der Waals surface area contributed by atoms with Crippen LogP contribution in [0.1, 0.15) is 19.4 Å². The minimum Gasteiger partial charge on any atom is -0.329 e. The number of carbonyl (C=O) groups is 1. The van der Waals surface area contributed by atoms with E-state index in [0.717, 1.165) is 5.56 Å². The van der Waals surface area contributed by atoms with Gasteiger partial charge >= 0.3 is 0 Å². The van der Waals surface area contributed by atoms with Crippen molar-refractivity contribution in [1.29, 1.82) is 0 Å². The molecule has 0 spiro atoms. The fraction of sp³-hybridized carbons (Fsp3) is 0.462. The molecule has 6 nitrogen and oxygen atoms in total. The van der Waals surface area contributed by atoms with Gasteiger partial charge in [0.1, 0.15) is 0 Å². The summed E-state index contributed by atoms with van der Waals surface area (Å²) in [5.74, 6) is -0.244. The van der Waals surface area contributed by atoms with Crippen molar-refractivity contribution in [1.82, 2.24) is 4.31 Å². The topological polar surface area (TPSA) is 92.5 Å². The van der Waals surface area contributed by atoms with Gasteiger partial charge < -0.3 is 11.1 Å². The van der Waals surface area contributed by atoms with E-state index in [2.05, 4.69) is 5.32 Å². The number of amides is 1. The van der Waals surface area contributed by atoms with Crippen molar-refractivity contribution in [2.45, 2.75) is 31.7 Å². The largest absolute Gasteiger partial charge is 0.329 e. The Labute approximate surface area is 132 Å². The molecule has 0 aliphatic carbocycles. The van der Waals surface area contributed by atoms with Crippen molar-refractivity contribution in [3.05, 3.63) is 23.8 Å². The summed E-state index contributed by atoms with van der Waals surface area (Å²) in [4.78, 5) is 11.3. The number of nitrogens with two attached hydrogens (primary N) is 1. The molecule has 0 fully saturated rings. The minimum absolute atomic E-state index is 0. The van der Waals surface area contributed by atoms with Crippen LogP contribution in [-0.4, -0.2) is 38.3 Å². The van der Waals surface area contributed by atoms with E-state index in [-0.39, 0.29) is 35.8 Å². The number of aryl methyl sites for hydroxylation is 1. The lowest BCUT2D eigenvalue weighted by molar-refractivity contribution is -0.114. The maximum absolute atomic E-state index is 12.4. The monoisotopic (exact) mass is 335 g/mol. The van der Waals surface area contributed by atoms with Crippen LogP contribution >= 0.6 is 12.4 Å². The highest BCUT2D eigenvalue weighted by molar-refractivity contribution is 7.89. The van der Waals surface area contributed by atoms with Crippen molar-refractivity contribution in [3.8, 4) is 0 Å². The van der Waals surface area contributed by atoms with Gasteiger partial charge in [-0.1, -0.05) is 6.07 Å². The Bertz CT molecular complexity index is 605. The summed E-state index contributed by atoms with van der Waals surface area (Å²) in [5.41, 5.74) is 6.80. The molecule has 0 aliphatic heterocycles. The number of nitrogens with one attached hydrogen (secondary N) is 1. The lowest BCUT2D eigenvalue weighted by Gasteiger charge is -2.23. The van der Waals surface area contributed by atoms with Gasteiger partial charge in [-0.05, 0) is 31.5 Å². The van der Waals surface area contributed by atoms with Crippen LogP contribution < -0.4 is 11.1 Å². The maximum Gasteiger partial charge on any atom is 0.243 e. The van der Waals surface area contributed by atoms with Gasteiger partial charge in [-0.25, -0.2) is 8.42 Å². The van der Waals surface area contributed by atoms with Crippen molar-refractivity contribution in [2.75, 3.05) is 18.9 Å². The molecule has 3 N–H and O–H groups in total. The van der Waals surface area contributed by atoms with E-state index in [4.69, 9.17) is 5.73 Å². The summed E-state index contributed by atoms with van der Waals surface area (Å²) in [6.45, 7) is 5.15. The SMILES string of the molecule is CC(=O)Nc1cc(S(=O)(=O)N(C)C(C)CN)ccc1C.Cl. The number of likely N-dealkylation sites (N-methyl/N-ethyl adjacent to an activating group) is 1. The zero-order valence-corrected chi connectivity index (χ0v) is 14.2. The zero-order valence-electron chi connectivity index (χ0n) is 12.6. The zero-order chi connectivity index (χ0) is 15.5. The molecule has 1 amide bonds. The average molecular weight is 336 g/mol. The van der Waals surface area contributed by atoms with E-state index in [1.165, 1.54) is 30.4 Å². The molecule has 1 aromatic carbocycles. The Morgan fingerprint density at radius 1 is 1.43 bits per heavy atom. The number of rotatable bonds is 5. The van der Waals surface area contributed by atoms with Crippen LogP contribution in [0, 0.1) is 6.92 Å². The Balaban J connectivity index is 0.00000400. The second-order valence-electron chi connectivity index (χ2n) is 4.76. The van der Waals surface area contributed by atoms with Crippen LogP contribution in [-0.2, 0) is 14.8 Å². The Morgan fingerprint density at radius 3 is 2.48 bits per heavy atom. The lowest BCUT2D eigenvalue weighted by atomic mass is 10.2. The molecule has 8 heteroatoms. The van der Waals surface area contributed by atoms with Crippen LogP contribution in [0.2, 0.25) is 0 Å². The summed E-state index contributed by atoms with van der Waals surface area (Å²) in [6.07, 6.45) is 0. The molecule has 120 valence electrons. The van der Waals surface area contributed by atoms with Crippen molar-refractivity contribution < 1.29 is 13.2 Å². The van der Waals surface area contributed by atoms with Gasteiger partial charge in [0.15, 0.2) is 0 Å². The van der Waals surface area contributed by atoms with E-state index in [1.807, 2.05) is 0 Å². The highest BCUT2D eigenvalue weighted by Crippen LogP contribution is 2.23. The molecular formula is C13H22ClN3O3S. The first-order valence-corrected chi connectivity index (χ1v) is 7.70. The smallest absolute Gasteiger partial charge is 0.243 e. The molecular weight excluding hydrogens is 314 g/mol. The second kappa shape index (κ2) is 7.74. The fourth-order valence-electron chi connectivity index (χ4n) is 1.64. The Kier molecular flexibility index (Phi) is 7.32. The molecule has 21 heavy (non-hydrogen) atoms. The predicted octanol–water partition coefficient (Wildman–Crippen LogP) is 1.34. The number of halogens is 1. The van der Waals surface area contributed by atoms with Gasteiger partial charge in [-0.3, -0.25) is 4.79 Å². The number of benzene rings is 1. The third-order valence-electron chi connectivity index (χ3n) is 3.16. The van der Waals surface area contributed by atoms with Crippen LogP contribution in [0.25, 0.3) is 0 Å². The standard InChI is InChI=1S/C13H21N3O3S.ClH/c1-9-5-6-12(7-13(9)15-11(3)17)20(18,19)16(4)10(2)8-14;/h5-7,10H,8,14H2,1-4H3,(H,15,17);1H. The van der Waals surface area contributed by atoms with Gasteiger partial charge in [-0.2, -0.15) is 4.31 Å². The highest BCUT2D eigenvalue weighted by atomic mass is 35.5. The van der Waals surface area contributed by atoms with Crippen molar-refractivity contribution >= 4 is 34.0 Å². The minimum atomic E-state index is -3.62. The number of hydrogen-bond acceptors (Lipinski definition) is 4. The second-order valence-corrected chi connectivity index (χ2v) is 6.76. The molecule has 0 saturated carbocycles. The molecule has 1 atom stereocenters. The summed E-state index contributed by atoms with van der Waals surface area (Å²) < 4.78 is 26.1. The van der Waals surface area contributed by atoms with Gasteiger partial charge in [0.2, 0.25) is 15.9 Å². The third kappa shape index (κ3) is 4.67. The first-order chi connectivity index (χ1) is 9.20. The summed E-state index contributed by atoms with van der Waals surface area (Å²) in [7, 11) is -2.13. The van der Waals surface area contributed by atoms with Crippen LogP contribution in [0.5, 0.6) is 0 Å². The summed E-state index contributed by atoms with van der Waals surface area (Å²) in [5, 5.41) is 2.62. The van der Waals surface area contributed by atoms with Crippen LogP contribution in [0.15, 0.2) is 23.1 Å². The summed E-state index contributed by atoms with van der Waals surface area (Å²) >= 11 is 0. The Hall–Kier alpha value is -1.15. The number of carbonyl (C=O) groups excluding carboxylic acids is 1. The normalized spacial score (nSPS) is 12.7. The molecule has 0 saturated heterocycles. The Morgan fingerprint density at radius 2 is 2.00 bits per heavy atom. The van der Waals surface area contributed by atoms with Crippen molar-refractivity contribution in [3.63, 3.8) is 0 Å². The van der Waals surface area contributed by atoms with E-state index < -0.39 is 10.0 Å². The molecule has 1 rings (SSSR count). The van der Waals surface area contributed by atoms with Gasteiger partial charge in [0.25, 0.3) is 0 Å². The van der Waals surface area contributed by atoms with Gasteiger partial charge in [0.05, 0.1) is 4.90 Å². The average Bonchev–Trinajstić information content (AvgIpc) is 2.38. The highest BCUT2D eigenvalue weighted by Gasteiger charge is 2.25. The van der Waals surface area contributed by atoms with Crippen molar-refractivity contribution in [2.24, 2.45) is 5.73 Å². The number of anilines is 1. The molecule has 0 aliphatic rings. The van der Waals surface area contributed by atoms with Crippen LogP contribution in [0.4, 0.5) is 5.69 Å². The van der Waals surface area contributed by atoms with E-state index >= 15 is 0 Å². The van der Waals surface area contributed by atoms with Gasteiger partial charge in [0, 0.05) is 32.2 Å². The first kappa shape index (κ1) is 19.9. The fourth-order valence-corrected chi connectivity index (χ4v) is 3.04. The quantitative estimate of drug-likeness (QED) is 0.849. The first-order valence-electron chi connectivity index (χ1n) is 6.26. The molecule has 1 aromatic rings. The van der Waals surface area contributed by atoms with Gasteiger partial charge in [-0.15, -0.1) is 12.4 Å². The summed E-state index contributed by atoms with van der Waals surface area (Å²) in [6, 6.07) is 4.35. The predicted molar refractivity (Wildman–Crippen MR) is 86.2 cm³/mol. The van der Waals surface area contributed by atoms with E-state index in [1.54, 1.807) is 19.9 Å². The van der Waals surface area contributed by atoms with E-state index in [0.29, 0.717) is 5.69 Å². The molecule has 1 unspecified atom stereocenters. The maximum atomic E-state index is 12.4. The molecule has 0 bridgehead atoms.